The minimum absolute atomic E-state index is 0.606. The number of imidazole rings is 1. The fraction of sp³-hybridized carbons (Fsp3) is 0. The average Bonchev–Trinajstić information content (AvgIpc) is 2.82. The monoisotopic (exact) mass is 251 g/mol. The quantitative estimate of drug-likeness (QED) is 0.730. The van der Waals surface area contributed by atoms with Gasteiger partial charge in [-0.05, 0) is 6.07 Å². The highest BCUT2D eigenvalue weighted by Gasteiger charge is 2.15. The highest BCUT2D eigenvalue weighted by atomic mass is 35.5. The molecule has 0 spiro atoms. The van der Waals surface area contributed by atoms with E-state index in [9.17, 15) is 0 Å². The Balaban J connectivity index is 1.96. The number of fused-ring (bicyclic) bond motifs is 1. The molecule has 2 aromatic heterocycles. The van der Waals surface area contributed by atoms with Crippen LogP contribution in [0.1, 0.15) is 0 Å². The highest BCUT2D eigenvalue weighted by molar-refractivity contribution is 7.98. The van der Waals surface area contributed by atoms with Crippen molar-refractivity contribution in [1.29, 1.82) is 0 Å². The lowest BCUT2D eigenvalue weighted by atomic mass is 10.4. The van der Waals surface area contributed by atoms with E-state index in [1.165, 1.54) is 11.9 Å². The molecule has 2 aromatic rings. The smallest absolute Gasteiger partial charge is 0.221 e. The van der Waals surface area contributed by atoms with Gasteiger partial charge in [-0.1, -0.05) is 11.6 Å². The summed E-state index contributed by atoms with van der Waals surface area (Å²) >= 11 is 7.18. The Kier molecular flexibility index (Phi) is 2.30. The third-order valence-electron chi connectivity index (χ3n) is 2.03. The average molecular weight is 252 g/mol. The van der Waals surface area contributed by atoms with Crippen LogP contribution in [0.4, 0.5) is 5.82 Å². The Morgan fingerprint density at radius 1 is 1.44 bits per heavy atom. The Bertz CT molecular complexity index is 551. The molecule has 1 N–H and O–H groups in total. The molecule has 7 heteroatoms. The van der Waals surface area contributed by atoms with Gasteiger partial charge in [-0.2, -0.15) is 4.40 Å². The number of hydrogen-bond acceptors (Lipinski definition) is 5. The lowest BCUT2D eigenvalue weighted by Crippen LogP contribution is -2.22. The lowest BCUT2D eigenvalue weighted by Gasteiger charge is -2.16. The summed E-state index contributed by atoms with van der Waals surface area (Å²) in [5.74, 6) is 1.44. The predicted molar refractivity (Wildman–Crippen MR) is 63.8 cm³/mol. The summed E-state index contributed by atoms with van der Waals surface area (Å²) in [5, 5.41) is 3.71. The summed E-state index contributed by atoms with van der Waals surface area (Å²) in [7, 11) is 0. The maximum absolute atomic E-state index is 5.85. The number of nitrogens with zero attached hydrogens (tertiary/aromatic N) is 4. The number of nitrogens with one attached hydrogen (secondary N) is 1. The largest absolute Gasteiger partial charge is 0.308 e. The van der Waals surface area contributed by atoms with Crippen LogP contribution >= 0.6 is 23.5 Å². The van der Waals surface area contributed by atoms with E-state index in [1.54, 1.807) is 23.3 Å². The van der Waals surface area contributed by atoms with Gasteiger partial charge in [0.1, 0.15) is 12.1 Å². The fourth-order valence-electron chi connectivity index (χ4n) is 1.30. The number of hydrogen-bond donors (Lipinski definition) is 1. The molecule has 0 saturated carbocycles. The van der Waals surface area contributed by atoms with Gasteiger partial charge in [-0.15, -0.1) is 0 Å². The van der Waals surface area contributed by atoms with E-state index >= 15 is 0 Å². The van der Waals surface area contributed by atoms with E-state index < -0.39 is 0 Å². The number of anilines is 1. The van der Waals surface area contributed by atoms with Crippen molar-refractivity contribution in [2.45, 2.75) is 4.90 Å². The maximum atomic E-state index is 5.85. The summed E-state index contributed by atoms with van der Waals surface area (Å²) in [5.41, 5.74) is 0. The second-order valence-corrected chi connectivity index (χ2v) is 4.34. The van der Waals surface area contributed by atoms with E-state index in [2.05, 4.69) is 19.7 Å². The van der Waals surface area contributed by atoms with Gasteiger partial charge in [0.2, 0.25) is 5.96 Å². The molecule has 0 amide bonds. The molecule has 0 fully saturated rings. The Labute approximate surface area is 101 Å². The molecule has 3 heterocycles. The van der Waals surface area contributed by atoms with Gasteiger partial charge in [-0.25, -0.2) is 9.97 Å². The van der Waals surface area contributed by atoms with Crippen molar-refractivity contribution in [1.82, 2.24) is 14.5 Å². The van der Waals surface area contributed by atoms with Crippen LogP contribution in [0, 0.1) is 0 Å². The van der Waals surface area contributed by atoms with Gasteiger partial charge in [0, 0.05) is 30.5 Å². The van der Waals surface area contributed by atoms with Crippen molar-refractivity contribution >= 4 is 35.3 Å². The molecule has 0 radical (unpaired) electrons. The SMILES string of the molecule is Clc1cnc2c(c1)SN=C(n1ccnc1)N2. The Hall–Kier alpha value is -1.53. The highest BCUT2D eigenvalue weighted by Crippen LogP contribution is 2.32. The summed E-state index contributed by atoms with van der Waals surface area (Å²) < 4.78 is 6.08. The molecule has 0 saturated heterocycles. The van der Waals surface area contributed by atoms with Gasteiger partial charge in [-0.3, -0.25) is 4.57 Å². The van der Waals surface area contributed by atoms with Gasteiger partial charge in [0.25, 0.3) is 0 Å². The van der Waals surface area contributed by atoms with Gasteiger partial charge >= 0.3 is 0 Å². The van der Waals surface area contributed by atoms with Crippen molar-refractivity contribution in [3.8, 4) is 0 Å². The van der Waals surface area contributed by atoms with Gasteiger partial charge < -0.3 is 5.32 Å². The minimum Gasteiger partial charge on any atom is -0.308 e. The second-order valence-electron chi connectivity index (χ2n) is 3.10. The molecule has 0 bridgehead atoms. The van der Waals surface area contributed by atoms with Crippen LogP contribution in [0.25, 0.3) is 0 Å². The summed E-state index contributed by atoms with van der Waals surface area (Å²) in [6, 6.07) is 1.83. The number of pyridine rings is 1. The van der Waals surface area contributed by atoms with Crippen molar-refractivity contribution in [3.63, 3.8) is 0 Å². The van der Waals surface area contributed by atoms with Crippen LogP contribution in [-0.2, 0) is 0 Å². The molecule has 0 unspecified atom stereocenters. The summed E-state index contributed by atoms with van der Waals surface area (Å²) in [6.45, 7) is 0. The maximum Gasteiger partial charge on any atom is 0.221 e. The first-order chi connectivity index (χ1) is 7.83. The third kappa shape index (κ3) is 1.66. The van der Waals surface area contributed by atoms with Crippen LogP contribution in [-0.4, -0.2) is 20.5 Å². The molecule has 16 heavy (non-hydrogen) atoms. The Morgan fingerprint density at radius 2 is 2.38 bits per heavy atom. The molecule has 0 aromatic carbocycles. The van der Waals surface area contributed by atoms with E-state index in [0.717, 1.165) is 10.7 Å². The number of rotatable bonds is 0. The van der Waals surface area contributed by atoms with Crippen LogP contribution in [0.15, 0.2) is 40.3 Å². The third-order valence-corrected chi connectivity index (χ3v) is 3.01. The molecule has 5 nitrogen and oxygen atoms in total. The van der Waals surface area contributed by atoms with E-state index in [0.29, 0.717) is 11.0 Å². The van der Waals surface area contributed by atoms with E-state index in [-0.39, 0.29) is 0 Å². The zero-order chi connectivity index (χ0) is 11.0. The van der Waals surface area contributed by atoms with Gasteiger partial charge in [0.15, 0.2) is 0 Å². The molecule has 0 atom stereocenters. The molecule has 80 valence electrons. The minimum atomic E-state index is 0.606. The topological polar surface area (TPSA) is 55.1 Å². The van der Waals surface area contributed by atoms with E-state index in [4.69, 9.17) is 11.6 Å². The first-order valence-electron chi connectivity index (χ1n) is 4.49. The zero-order valence-corrected chi connectivity index (χ0v) is 9.53. The van der Waals surface area contributed by atoms with Crippen LogP contribution in [0.3, 0.4) is 0 Å². The lowest BCUT2D eigenvalue weighted by molar-refractivity contribution is 1.10. The molecular formula is C9H6ClN5S. The van der Waals surface area contributed by atoms with Crippen molar-refractivity contribution in [2.24, 2.45) is 4.40 Å². The Morgan fingerprint density at radius 3 is 3.19 bits per heavy atom. The van der Waals surface area contributed by atoms with Crippen molar-refractivity contribution in [2.75, 3.05) is 5.32 Å². The molecule has 0 aliphatic carbocycles. The normalized spacial score (nSPS) is 13.9. The molecule has 3 rings (SSSR count). The van der Waals surface area contributed by atoms with Crippen molar-refractivity contribution in [3.05, 3.63) is 36.0 Å². The number of halogens is 1. The zero-order valence-electron chi connectivity index (χ0n) is 7.96. The molecular weight excluding hydrogens is 246 g/mol. The van der Waals surface area contributed by atoms with Crippen LogP contribution in [0.2, 0.25) is 5.02 Å². The first kappa shape index (κ1) is 9.68. The molecule has 1 aliphatic heterocycles. The first-order valence-corrected chi connectivity index (χ1v) is 5.64. The molecule has 1 aliphatic rings. The van der Waals surface area contributed by atoms with E-state index in [1.807, 2.05) is 12.3 Å². The second kappa shape index (κ2) is 3.80. The standard InChI is InChI=1S/C9H6ClN5S/c10-6-3-7-8(12-4-6)13-9(14-16-7)15-2-1-11-5-15/h1-5H,(H,12,13,14). The van der Waals surface area contributed by atoms with Crippen LogP contribution < -0.4 is 5.32 Å². The summed E-state index contributed by atoms with van der Waals surface area (Å²) in [6.07, 6.45) is 6.78. The summed E-state index contributed by atoms with van der Waals surface area (Å²) in [4.78, 5) is 9.07. The van der Waals surface area contributed by atoms with Crippen LogP contribution in [0.5, 0.6) is 0 Å². The number of aromatic nitrogens is 3. The predicted octanol–water partition coefficient (Wildman–Crippen LogP) is 2.27. The fourth-order valence-corrected chi connectivity index (χ4v) is 2.22. The van der Waals surface area contributed by atoms with Gasteiger partial charge in [0.05, 0.1) is 9.92 Å². The van der Waals surface area contributed by atoms with Crippen molar-refractivity contribution < 1.29 is 0 Å².